The largest absolute Gasteiger partial charge is 0.497 e. The van der Waals surface area contributed by atoms with E-state index in [1.54, 1.807) is 34.1 Å². The number of aryl methyl sites for hydroxylation is 1. The van der Waals surface area contributed by atoms with Crippen molar-refractivity contribution in [1.82, 2.24) is 4.31 Å². The quantitative estimate of drug-likeness (QED) is 0.509. The molecule has 9 nitrogen and oxygen atoms in total. The summed E-state index contributed by atoms with van der Waals surface area (Å²) in [6.45, 7) is 3.97. The Morgan fingerprint density at radius 3 is 2.32 bits per heavy atom. The van der Waals surface area contributed by atoms with E-state index < -0.39 is 14.9 Å². The van der Waals surface area contributed by atoms with Crippen molar-refractivity contribution in [3.05, 3.63) is 51.6 Å². The van der Waals surface area contributed by atoms with E-state index in [1.165, 1.54) is 10.4 Å². The lowest BCUT2D eigenvalue weighted by atomic mass is 10.1. The van der Waals surface area contributed by atoms with E-state index in [0.717, 1.165) is 18.2 Å². The van der Waals surface area contributed by atoms with Crippen LogP contribution < -0.4 is 14.8 Å². The van der Waals surface area contributed by atoms with Gasteiger partial charge in [0, 0.05) is 55.2 Å². The molecule has 1 heterocycles. The zero-order chi connectivity index (χ0) is 22.8. The number of anilines is 1. The number of benzene rings is 2. The number of hydrogen-bond donors (Lipinski definition) is 1. The molecule has 0 amide bonds. The molecule has 10 heteroatoms. The van der Waals surface area contributed by atoms with Crippen molar-refractivity contribution >= 4 is 21.4 Å². The van der Waals surface area contributed by atoms with E-state index in [2.05, 4.69) is 5.32 Å². The molecule has 1 atom stereocenters. The van der Waals surface area contributed by atoms with Crippen LogP contribution in [0.3, 0.4) is 0 Å². The molecule has 1 aliphatic heterocycles. The Bertz CT molecular complexity index is 1060. The van der Waals surface area contributed by atoms with Gasteiger partial charge in [-0.3, -0.25) is 10.1 Å². The van der Waals surface area contributed by atoms with Crippen LogP contribution in [0.2, 0.25) is 0 Å². The van der Waals surface area contributed by atoms with Crippen LogP contribution in [0.15, 0.2) is 35.2 Å². The summed E-state index contributed by atoms with van der Waals surface area (Å²) in [7, 11) is -0.750. The van der Waals surface area contributed by atoms with E-state index in [4.69, 9.17) is 9.47 Å². The molecule has 0 aromatic heterocycles. The molecule has 1 aliphatic rings. The molecule has 168 valence electrons. The molecule has 0 saturated carbocycles. The van der Waals surface area contributed by atoms with Crippen LogP contribution in [0.4, 0.5) is 11.4 Å². The summed E-state index contributed by atoms with van der Waals surface area (Å²) in [5.74, 6) is 1.26. The summed E-state index contributed by atoms with van der Waals surface area (Å²) in [6.07, 6.45) is 1.46. The molecule has 3 rings (SSSR count). The minimum atomic E-state index is -3.88. The highest BCUT2D eigenvalue weighted by molar-refractivity contribution is 7.89. The topological polar surface area (TPSA) is 111 Å². The smallest absolute Gasteiger partial charge is 0.271 e. The van der Waals surface area contributed by atoms with Gasteiger partial charge in [0.2, 0.25) is 10.0 Å². The summed E-state index contributed by atoms with van der Waals surface area (Å²) in [5.41, 5.74) is 1.64. The fourth-order valence-electron chi connectivity index (χ4n) is 3.73. The van der Waals surface area contributed by atoms with Crippen molar-refractivity contribution in [2.45, 2.75) is 37.6 Å². The Balaban J connectivity index is 1.86. The van der Waals surface area contributed by atoms with Gasteiger partial charge in [0.05, 0.1) is 24.0 Å². The molecular weight excluding hydrogens is 422 g/mol. The van der Waals surface area contributed by atoms with E-state index in [9.17, 15) is 18.5 Å². The number of rotatable bonds is 7. The van der Waals surface area contributed by atoms with Crippen molar-refractivity contribution in [3.63, 3.8) is 0 Å². The van der Waals surface area contributed by atoms with E-state index in [-0.39, 0.29) is 23.2 Å². The molecule has 1 saturated heterocycles. The molecule has 0 bridgehead atoms. The van der Waals surface area contributed by atoms with Crippen LogP contribution in [-0.2, 0) is 10.0 Å². The molecular formula is C21H27N3O6S. The lowest BCUT2D eigenvalue weighted by Gasteiger charge is -2.33. The van der Waals surface area contributed by atoms with E-state index in [1.807, 2.05) is 12.1 Å². The van der Waals surface area contributed by atoms with Crippen LogP contribution in [0, 0.1) is 24.0 Å². The maximum Gasteiger partial charge on any atom is 0.271 e. The summed E-state index contributed by atoms with van der Waals surface area (Å²) in [6, 6.07) is 7.83. The first-order valence-corrected chi connectivity index (χ1v) is 11.3. The number of ether oxygens (including phenoxy) is 2. The highest BCUT2D eigenvalue weighted by Crippen LogP contribution is 2.31. The summed E-state index contributed by atoms with van der Waals surface area (Å²) in [4.78, 5) is 10.7. The molecule has 0 aliphatic carbocycles. The molecule has 1 fully saturated rings. The fraction of sp³-hybridized carbons (Fsp3) is 0.429. The van der Waals surface area contributed by atoms with Crippen LogP contribution >= 0.6 is 0 Å². The number of hydrogen-bond acceptors (Lipinski definition) is 7. The third kappa shape index (κ3) is 4.91. The standard InChI is InChI=1S/C21H27N3O6S/c1-14-8-18(24(25)26)11-21(15(14)2)31(27,28)23-7-5-6-16(13-23)22-17-9-19(29-3)12-20(10-17)30-4/h8-12,16,22H,5-7,13H2,1-4H3/t16-/m1/s1. The zero-order valence-electron chi connectivity index (χ0n) is 18.0. The third-order valence-corrected chi connectivity index (χ3v) is 7.53. The molecule has 2 aromatic carbocycles. The Kier molecular flexibility index (Phi) is 6.71. The molecule has 1 N–H and O–H groups in total. The van der Waals surface area contributed by atoms with Gasteiger partial charge in [-0.2, -0.15) is 4.31 Å². The van der Waals surface area contributed by atoms with Gasteiger partial charge in [-0.05, 0) is 37.8 Å². The number of nitro benzene ring substituents is 1. The van der Waals surface area contributed by atoms with Crippen molar-refractivity contribution < 1.29 is 22.8 Å². The molecule has 0 spiro atoms. The van der Waals surface area contributed by atoms with Crippen molar-refractivity contribution in [2.24, 2.45) is 0 Å². The monoisotopic (exact) mass is 449 g/mol. The van der Waals surface area contributed by atoms with Crippen LogP contribution in [0.5, 0.6) is 11.5 Å². The highest BCUT2D eigenvalue weighted by Gasteiger charge is 2.33. The number of nitrogens with zero attached hydrogens (tertiary/aromatic N) is 2. The lowest BCUT2D eigenvalue weighted by molar-refractivity contribution is -0.385. The van der Waals surface area contributed by atoms with Gasteiger partial charge in [-0.25, -0.2) is 8.42 Å². The number of nitro groups is 1. The number of sulfonamides is 1. The van der Waals surface area contributed by atoms with Crippen LogP contribution in [0.25, 0.3) is 0 Å². The first-order chi connectivity index (χ1) is 14.6. The SMILES string of the molecule is COc1cc(N[C@@H]2CCCN(S(=O)(=O)c3cc([N+](=O)[O-])cc(C)c3C)C2)cc(OC)c1. The average Bonchev–Trinajstić information content (AvgIpc) is 2.75. The van der Waals surface area contributed by atoms with Crippen molar-refractivity contribution in [3.8, 4) is 11.5 Å². The van der Waals surface area contributed by atoms with Gasteiger partial charge in [-0.1, -0.05) is 0 Å². The maximum atomic E-state index is 13.4. The first-order valence-electron chi connectivity index (χ1n) is 9.91. The second-order valence-corrected chi connectivity index (χ2v) is 9.50. The number of nitrogens with one attached hydrogen (secondary N) is 1. The Labute approximate surface area is 182 Å². The zero-order valence-corrected chi connectivity index (χ0v) is 18.9. The van der Waals surface area contributed by atoms with Crippen LogP contribution in [0.1, 0.15) is 24.0 Å². The van der Waals surface area contributed by atoms with Gasteiger partial charge in [0.1, 0.15) is 11.5 Å². The first kappa shape index (κ1) is 22.8. The maximum absolute atomic E-state index is 13.4. The Morgan fingerprint density at radius 1 is 1.10 bits per heavy atom. The second-order valence-electron chi connectivity index (χ2n) is 7.59. The summed E-state index contributed by atoms with van der Waals surface area (Å²) < 4.78 is 38.7. The number of non-ortho nitro benzene ring substituents is 1. The fourth-order valence-corrected chi connectivity index (χ4v) is 5.57. The predicted molar refractivity (Wildman–Crippen MR) is 118 cm³/mol. The second kappa shape index (κ2) is 9.11. The minimum Gasteiger partial charge on any atom is -0.497 e. The molecule has 2 aromatic rings. The normalized spacial score (nSPS) is 17.2. The Hall–Kier alpha value is -2.85. The van der Waals surface area contributed by atoms with Crippen molar-refractivity contribution in [1.29, 1.82) is 0 Å². The molecule has 0 radical (unpaired) electrons. The molecule has 31 heavy (non-hydrogen) atoms. The Morgan fingerprint density at radius 2 is 1.74 bits per heavy atom. The van der Waals surface area contributed by atoms with E-state index in [0.29, 0.717) is 35.6 Å². The van der Waals surface area contributed by atoms with E-state index >= 15 is 0 Å². The van der Waals surface area contributed by atoms with Gasteiger partial charge in [0.25, 0.3) is 5.69 Å². The van der Waals surface area contributed by atoms with Crippen molar-refractivity contribution in [2.75, 3.05) is 32.6 Å². The predicted octanol–water partition coefficient (Wildman–Crippen LogP) is 3.49. The van der Waals surface area contributed by atoms with Gasteiger partial charge >= 0.3 is 0 Å². The number of methoxy groups -OCH3 is 2. The summed E-state index contributed by atoms with van der Waals surface area (Å²) >= 11 is 0. The van der Waals surface area contributed by atoms with Gasteiger partial charge < -0.3 is 14.8 Å². The summed E-state index contributed by atoms with van der Waals surface area (Å²) in [5, 5.41) is 14.6. The third-order valence-electron chi connectivity index (χ3n) is 5.54. The van der Waals surface area contributed by atoms with Gasteiger partial charge in [0.15, 0.2) is 0 Å². The molecule has 0 unspecified atom stereocenters. The average molecular weight is 450 g/mol. The number of piperidine rings is 1. The van der Waals surface area contributed by atoms with Gasteiger partial charge in [-0.15, -0.1) is 0 Å². The lowest BCUT2D eigenvalue weighted by Crippen LogP contribution is -2.45. The minimum absolute atomic E-state index is 0.0112. The van der Waals surface area contributed by atoms with Crippen LogP contribution in [-0.4, -0.2) is 51.0 Å². The highest BCUT2D eigenvalue weighted by atomic mass is 32.2.